The number of amides is 1. The molecule has 0 radical (unpaired) electrons. The number of carbonyl (C=O) groups is 1. The van der Waals surface area contributed by atoms with Crippen molar-refractivity contribution in [1.82, 2.24) is 19.9 Å². The van der Waals surface area contributed by atoms with Crippen molar-refractivity contribution >= 4 is 17.5 Å². The number of aromatic nitrogens is 3. The minimum absolute atomic E-state index is 0.0171. The van der Waals surface area contributed by atoms with Gasteiger partial charge in [-0.2, -0.15) is 0 Å². The highest BCUT2D eigenvalue weighted by atomic mass is 35.5. The van der Waals surface area contributed by atoms with Gasteiger partial charge in [0.2, 0.25) is 5.91 Å². The second kappa shape index (κ2) is 8.24. The molecule has 0 spiro atoms. The van der Waals surface area contributed by atoms with Crippen LogP contribution in [0.1, 0.15) is 12.5 Å². The van der Waals surface area contributed by atoms with E-state index in [1.807, 2.05) is 6.20 Å². The molecule has 0 atom stereocenters. The Morgan fingerprint density at radius 3 is 2.67 bits per heavy atom. The summed E-state index contributed by atoms with van der Waals surface area (Å²) < 4.78 is 5.64. The summed E-state index contributed by atoms with van der Waals surface area (Å²) in [6.45, 7) is 7.17. The molecule has 4 rings (SSSR count). The Balaban J connectivity index is 1.44. The molecule has 7 heteroatoms. The van der Waals surface area contributed by atoms with Gasteiger partial charge in [0.1, 0.15) is 5.75 Å². The Labute approximate surface area is 180 Å². The molecule has 2 aromatic heterocycles. The number of nitrogens with zero attached hydrogens (tertiary/aromatic N) is 4. The minimum atomic E-state index is -0.0171. The number of pyridine rings is 1. The quantitative estimate of drug-likeness (QED) is 0.547. The molecule has 0 saturated carbocycles. The van der Waals surface area contributed by atoms with Crippen molar-refractivity contribution in [2.45, 2.75) is 13.3 Å². The van der Waals surface area contributed by atoms with Gasteiger partial charge in [-0.3, -0.25) is 9.78 Å². The van der Waals surface area contributed by atoms with E-state index in [4.69, 9.17) is 16.3 Å². The van der Waals surface area contributed by atoms with Crippen molar-refractivity contribution in [2.24, 2.45) is 5.41 Å². The number of likely N-dealkylation sites (tertiary alicyclic amines) is 1. The molecule has 1 saturated heterocycles. The van der Waals surface area contributed by atoms with Crippen LogP contribution in [0.3, 0.4) is 0 Å². The monoisotopic (exact) mass is 420 g/mol. The van der Waals surface area contributed by atoms with Gasteiger partial charge in [-0.25, -0.2) is 9.97 Å². The topological polar surface area (TPSA) is 68.2 Å². The zero-order valence-electron chi connectivity index (χ0n) is 16.6. The van der Waals surface area contributed by atoms with Crippen LogP contribution >= 0.6 is 11.6 Å². The summed E-state index contributed by atoms with van der Waals surface area (Å²) in [6.07, 6.45) is 9.28. The Morgan fingerprint density at radius 1 is 1.20 bits per heavy atom. The number of benzene rings is 1. The van der Waals surface area contributed by atoms with Gasteiger partial charge in [0.05, 0.1) is 0 Å². The van der Waals surface area contributed by atoms with Crippen LogP contribution < -0.4 is 4.74 Å². The van der Waals surface area contributed by atoms with E-state index in [0.29, 0.717) is 10.8 Å². The Bertz CT molecular complexity index is 1080. The molecule has 0 N–H and O–H groups in total. The molecule has 1 aromatic carbocycles. The third kappa shape index (κ3) is 4.49. The van der Waals surface area contributed by atoms with Crippen LogP contribution in [0.4, 0.5) is 0 Å². The average Bonchev–Trinajstić information content (AvgIpc) is 2.72. The number of halogens is 1. The first kappa shape index (κ1) is 20.0. The molecule has 0 unspecified atom stereocenters. The highest BCUT2D eigenvalue weighted by molar-refractivity contribution is 6.30. The molecule has 6 nitrogen and oxygen atoms in total. The lowest BCUT2D eigenvalue weighted by Gasteiger charge is -2.48. The van der Waals surface area contributed by atoms with E-state index in [9.17, 15) is 4.79 Å². The first-order valence-electron chi connectivity index (χ1n) is 9.55. The summed E-state index contributed by atoms with van der Waals surface area (Å²) in [6, 6.07) is 9.42. The van der Waals surface area contributed by atoms with Crippen molar-refractivity contribution < 1.29 is 9.53 Å². The van der Waals surface area contributed by atoms with Crippen molar-refractivity contribution in [3.8, 4) is 22.9 Å². The van der Waals surface area contributed by atoms with E-state index in [2.05, 4.69) is 34.5 Å². The first-order valence-corrected chi connectivity index (χ1v) is 9.93. The lowest BCUT2D eigenvalue weighted by molar-refractivity contribution is -0.136. The average molecular weight is 421 g/mol. The molecular weight excluding hydrogens is 400 g/mol. The van der Waals surface area contributed by atoms with E-state index in [1.165, 1.54) is 6.08 Å². The van der Waals surface area contributed by atoms with Gasteiger partial charge in [-0.15, -0.1) is 0 Å². The van der Waals surface area contributed by atoms with E-state index >= 15 is 0 Å². The third-order valence-electron chi connectivity index (χ3n) is 5.02. The second-order valence-corrected chi connectivity index (χ2v) is 8.22. The number of ether oxygens (including phenoxy) is 1. The third-order valence-corrected chi connectivity index (χ3v) is 5.26. The largest absolute Gasteiger partial charge is 0.424 e. The van der Waals surface area contributed by atoms with Gasteiger partial charge in [0.15, 0.2) is 0 Å². The molecule has 1 amide bonds. The number of hydrogen-bond donors (Lipinski definition) is 0. The van der Waals surface area contributed by atoms with Gasteiger partial charge in [-0.05, 0) is 42.3 Å². The standard InChI is InChI=1S/C23H21ClN4O2/c1-3-21(29)28-14-23(2,15-28)9-16-7-17(11-25-10-16)18-12-26-22(27-13-18)30-20-6-4-5-19(24)8-20/h3-8,10-13H,1,9,14-15H2,2H3. The molecule has 30 heavy (non-hydrogen) atoms. The van der Waals surface area contributed by atoms with Gasteiger partial charge < -0.3 is 9.64 Å². The molecule has 1 aliphatic rings. The summed E-state index contributed by atoms with van der Waals surface area (Å²) in [7, 11) is 0. The SMILES string of the molecule is C=CC(=O)N1CC(C)(Cc2cncc(-c3cnc(Oc4cccc(Cl)c4)nc3)c2)C1. The van der Waals surface area contributed by atoms with Crippen LogP contribution in [0.25, 0.3) is 11.1 Å². The Kier molecular flexibility index (Phi) is 5.50. The molecule has 0 aliphatic carbocycles. The van der Waals surface area contributed by atoms with E-state index in [1.54, 1.807) is 47.8 Å². The second-order valence-electron chi connectivity index (χ2n) is 7.78. The molecule has 3 aromatic rings. The van der Waals surface area contributed by atoms with E-state index < -0.39 is 0 Å². The van der Waals surface area contributed by atoms with Gasteiger partial charge >= 0.3 is 6.01 Å². The summed E-state index contributed by atoms with van der Waals surface area (Å²) in [5, 5.41) is 0.587. The fourth-order valence-corrected chi connectivity index (χ4v) is 3.84. The summed E-state index contributed by atoms with van der Waals surface area (Å²) >= 11 is 5.97. The molecule has 3 heterocycles. The highest BCUT2D eigenvalue weighted by Gasteiger charge is 2.40. The van der Waals surface area contributed by atoms with Gasteiger partial charge in [-0.1, -0.05) is 31.2 Å². The highest BCUT2D eigenvalue weighted by Crippen LogP contribution is 2.34. The lowest BCUT2D eigenvalue weighted by atomic mass is 9.76. The molecule has 1 fully saturated rings. The van der Waals surface area contributed by atoms with Crippen LogP contribution in [0.2, 0.25) is 5.02 Å². The fourth-order valence-electron chi connectivity index (χ4n) is 3.66. The van der Waals surface area contributed by atoms with E-state index in [-0.39, 0.29) is 17.3 Å². The van der Waals surface area contributed by atoms with Crippen LogP contribution in [0, 0.1) is 5.41 Å². The number of carbonyl (C=O) groups excluding carboxylic acids is 1. The maximum atomic E-state index is 11.7. The zero-order chi connectivity index (χ0) is 21.1. The van der Waals surface area contributed by atoms with Gasteiger partial charge in [0.25, 0.3) is 0 Å². The maximum Gasteiger partial charge on any atom is 0.321 e. The Morgan fingerprint density at radius 2 is 1.97 bits per heavy atom. The summed E-state index contributed by atoms with van der Waals surface area (Å²) in [5.74, 6) is 0.563. The Hall–Kier alpha value is -3.25. The predicted molar refractivity (Wildman–Crippen MR) is 115 cm³/mol. The number of hydrogen-bond acceptors (Lipinski definition) is 5. The lowest BCUT2D eigenvalue weighted by Crippen LogP contribution is -2.57. The van der Waals surface area contributed by atoms with Crippen LogP contribution in [0.15, 0.2) is 67.8 Å². The van der Waals surface area contributed by atoms with Crippen LogP contribution in [-0.4, -0.2) is 38.8 Å². The molecule has 152 valence electrons. The molecule has 0 bridgehead atoms. The molecular formula is C23H21ClN4O2. The maximum absolute atomic E-state index is 11.7. The summed E-state index contributed by atoms with van der Waals surface area (Å²) in [5.41, 5.74) is 2.94. The van der Waals surface area contributed by atoms with Crippen molar-refractivity contribution in [3.63, 3.8) is 0 Å². The summed E-state index contributed by atoms with van der Waals surface area (Å²) in [4.78, 5) is 26.5. The predicted octanol–water partition coefficient (Wildman–Crippen LogP) is 4.56. The zero-order valence-corrected chi connectivity index (χ0v) is 17.3. The van der Waals surface area contributed by atoms with Crippen LogP contribution in [-0.2, 0) is 11.2 Å². The smallest absolute Gasteiger partial charge is 0.321 e. The minimum Gasteiger partial charge on any atom is -0.424 e. The van der Waals surface area contributed by atoms with E-state index in [0.717, 1.165) is 36.2 Å². The fraction of sp³-hybridized carbons (Fsp3) is 0.217. The van der Waals surface area contributed by atoms with Crippen molar-refractivity contribution in [1.29, 1.82) is 0 Å². The molecule has 1 aliphatic heterocycles. The van der Waals surface area contributed by atoms with Crippen LogP contribution in [0.5, 0.6) is 11.8 Å². The normalized spacial score (nSPS) is 14.7. The van der Waals surface area contributed by atoms with Gasteiger partial charge in [0, 0.05) is 59.4 Å². The first-order chi connectivity index (χ1) is 14.4. The van der Waals surface area contributed by atoms with Crippen molar-refractivity contribution in [3.05, 3.63) is 78.4 Å². The van der Waals surface area contributed by atoms with Crippen molar-refractivity contribution in [2.75, 3.05) is 13.1 Å². The number of rotatable bonds is 6.